The summed E-state index contributed by atoms with van der Waals surface area (Å²) in [5.74, 6) is 2.03. The predicted octanol–water partition coefficient (Wildman–Crippen LogP) is 5.22. The predicted molar refractivity (Wildman–Crippen MR) is 125 cm³/mol. The Labute approximate surface area is 192 Å². The topological polar surface area (TPSA) is 86.5 Å². The molecule has 168 valence electrons. The molecular weight excluding hydrogens is 418 g/mol. The lowest BCUT2D eigenvalue weighted by molar-refractivity contribution is 0.0939. The van der Waals surface area contributed by atoms with E-state index in [-0.39, 0.29) is 11.9 Å². The van der Waals surface area contributed by atoms with Crippen molar-refractivity contribution in [2.24, 2.45) is 0 Å². The van der Waals surface area contributed by atoms with E-state index >= 15 is 0 Å². The van der Waals surface area contributed by atoms with E-state index in [9.17, 15) is 4.79 Å². The van der Waals surface area contributed by atoms with Crippen LogP contribution in [0.5, 0.6) is 11.5 Å². The maximum Gasteiger partial charge on any atom is 0.251 e. The summed E-state index contributed by atoms with van der Waals surface area (Å²) >= 11 is 0. The lowest BCUT2D eigenvalue weighted by Crippen LogP contribution is -2.26. The number of aromatic nitrogens is 2. The van der Waals surface area contributed by atoms with Crippen molar-refractivity contribution in [1.82, 2.24) is 15.5 Å². The summed E-state index contributed by atoms with van der Waals surface area (Å²) in [6.07, 6.45) is 0. The fourth-order valence-corrected chi connectivity index (χ4v) is 3.56. The van der Waals surface area contributed by atoms with Gasteiger partial charge in [-0.2, -0.15) is 0 Å². The van der Waals surface area contributed by atoms with Crippen LogP contribution in [0.3, 0.4) is 0 Å². The standard InChI is InChI=1S/C26H25N3O4/c1-16-7-5-6-8-21(16)26-29-28-25(33-26)19-11-9-18(10-12-19)24(30)27-17(2)22-15-20(31-3)13-14-23(22)32-4/h5-15,17H,1-4H3,(H,27,30). The average Bonchev–Trinajstić information content (AvgIpc) is 3.34. The second kappa shape index (κ2) is 9.56. The molecule has 33 heavy (non-hydrogen) atoms. The van der Waals surface area contributed by atoms with Crippen LogP contribution in [-0.4, -0.2) is 30.3 Å². The van der Waals surface area contributed by atoms with Gasteiger partial charge in [0.15, 0.2) is 0 Å². The van der Waals surface area contributed by atoms with Gasteiger partial charge in [-0.1, -0.05) is 18.2 Å². The molecule has 0 spiro atoms. The molecule has 4 aromatic rings. The molecule has 4 rings (SSSR count). The van der Waals surface area contributed by atoms with Gasteiger partial charge in [0.25, 0.3) is 5.91 Å². The van der Waals surface area contributed by atoms with Crippen molar-refractivity contribution in [2.75, 3.05) is 14.2 Å². The maximum atomic E-state index is 12.8. The van der Waals surface area contributed by atoms with E-state index in [2.05, 4.69) is 15.5 Å². The monoisotopic (exact) mass is 443 g/mol. The van der Waals surface area contributed by atoms with Crippen LogP contribution in [0.1, 0.15) is 34.5 Å². The molecular formula is C26H25N3O4. The highest BCUT2D eigenvalue weighted by Gasteiger charge is 2.17. The lowest BCUT2D eigenvalue weighted by atomic mass is 10.1. The van der Waals surface area contributed by atoms with Gasteiger partial charge in [-0.15, -0.1) is 10.2 Å². The molecule has 0 saturated carbocycles. The van der Waals surface area contributed by atoms with Crippen LogP contribution in [0.2, 0.25) is 0 Å². The van der Waals surface area contributed by atoms with Crippen molar-refractivity contribution in [3.05, 3.63) is 83.4 Å². The third-order valence-electron chi connectivity index (χ3n) is 5.45. The lowest BCUT2D eigenvalue weighted by Gasteiger charge is -2.18. The largest absolute Gasteiger partial charge is 0.497 e. The van der Waals surface area contributed by atoms with Gasteiger partial charge < -0.3 is 19.2 Å². The molecule has 0 radical (unpaired) electrons. The number of rotatable bonds is 7. The van der Waals surface area contributed by atoms with Crippen LogP contribution < -0.4 is 14.8 Å². The Bertz CT molecular complexity index is 1260. The van der Waals surface area contributed by atoms with Crippen molar-refractivity contribution in [3.8, 4) is 34.4 Å². The Kier molecular flexibility index (Phi) is 6.40. The molecule has 1 unspecified atom stereocenters. The second-order valence-corrected chi connectivity index (χ2v) is 7.61. The van der Waals surface area contributed by atoms with E-state index < -0.39 is 0 Å². The Balaban J connectivity index is 1.49. The minimum Gasteiger partial charge on any atom is -0.497 e. The zero-order valence-electron chi connectivity index (χ0n) is 19.0. The Morgan fingerprint density at radius 2 is 1.67 bits per heavy atom. The van der Waals surface area contributed by atoms with Crippen molar-refractivity contribution < 1.29 is 18.7 Å². The maximum absolute atomic E-state index is 12.8. The van der Waals surface area contributed by atoms with Gasteiger partial charge in [-0.25, -0.2) is 0 Å². The fourth-order valence-electron chi connectivity index (χ4n) is 3.56. The van der Waals surface area contributed by atoms with Crippen molar-refractivity contribution >= 4 is 5.91 Å². The van der Waals surface area contributed by atoms with E-state index in [1.165, 1.54) is 0 Å². The normalized spacial score (nSPS) is 11.6. The van der Waals surface area contributed by atoms with Gasteiger partial charge in [-0.3, -0.25) is 4.79 Å². The third kappa shape index (κ3) is 4.72. The Morgan fingerprint density at radius 1 is 0.939 bits per heavy atom. The molecule has 1 atom stereocenters. The second-order valence-electron chi connectivity index (χ2n) is 7.61. The van der Waals surface area contributed by atoms with E-state index in [1.54, 1.807) is 38.5 Å². The number of amides is 1. The average molecular weight is 444 g/mol. The molecule has 0 saturated heterocycles. The fraction of sp³-hybridized carbons (Fsp3) is 0.192. The minimum absolute atomic E-state index is 0.204. The van der Waals surface area contributed by atoms with Crippen LogP contribution in [-0.2, 0) is 0 Å². The first-order valence-corrected chi connectivity index (χ1v) is 10.5. The smallest absolute Gasteiger partial charge is 0.251 e. The van der Waals surface area contributed by atoms with Crippen LogP contribution in [0.25, 0.3) is 22.9 Å². The van der Waals surface area contributed by atoms with Gasteiger partial charge in [0.2, 0.25) is 11.8 Å². The number of carbonyl (C=O) groups is 1. The number of nitrogens with zero attached hydrogens (tertiary/aromatic N) is 2. The number of nitrogens with one attached hydrogen (secondary N) is 1. The quantitative estimate of drug-likeness (QED) is 0.421. The molecule has 0 aliphatic rings. The number of hydrogen-bond donors (Lipinski definition) is 1. The highest BCUT2D eigenvalue weighted by Crippen LogP contribution is 2.30. The first-order valence-electron chi connectivity index (χ1n) is 10.5. The summed E-state index contributed by atoms with van der Waals surface area (Å²) in [5, 5.41) is 11.3. The summed E-state index contributed by atoms with van der Waals surface area (Å²) in [7, 11) is 3.20. The number of ether oxygens (including phenoxy) is 2. The Morgan fingerprint density at radius 3 is 2.36 bits per heavy atom. The van der Waals surface area contributed by atoms with Crippen LogP contribution >= 0.6 is 0 Å². The van der Waals surface area contributed by atoms with Crippen LogP contribution in [0, 0.1) is 6.92 Å². The zero-order valence-corrected chi connectivity index (χ0v) is 19.0. The third-order valence-corrected chi connectivity index (χ3v) is 5.45. The summed E-state index contributed by atoms with van der Waals surface area (Å²) in [4.78, 5) is 12.8. The summed E-state index contributed by atoms with van der Waals surface area (Å²) in [5.41, 5.74) is 4.04. The molecule has 3 aromatic carbocycles. The molecule has 0 fully saturated rings. The molecule has 7 heteroatoms. The van der Waals surface area contributed by atoms with Crippen LogP contribution in [0.4, 0.5) is 0 Å². The molecule has 0 aliphatic carbocycles. The van der Waals surface area contributed by atoms with E-state index in [0.29, 0.717) is 28.8 Å². The summed E-state index contributed by atoms with van der Waals surface area (Å²) in [6.45, 7) is 3.89. The molecule has 1 aromatic heterocycles. The van der Waals surface area contributed by atoms with Gasteiger partial charge in [0.1, 0.15) is 11.5 Å². The summed E-state index contributed by atoms with van der Waals surface area (Å²) < 4.78 is 16.6. The highest BCUT2D eigenvalue weighted by molar-refractivity contribution is 5.94. The summed E-state index contributed by atoms with van der Waals surface area (Å²) in [6, 6.07) is 20.1. The van der Waals surface area contributed by atoms with E-state index in [1.807, 2.05) is 56.3 Å². The van der Waals surface area contributed by atoms with Gasteiger partial charge >= 0.3 is 0 Å². The molecule has 0 aliphatic heterocycles. The SMILES string of the molecule is COc1ccc(OC)c(C(C)NC(=O)c2ccc(-c3nnc(-c4ccccc4C)o3)cc2)c1. The van der Waals surface area contributed by atoms with Gasteiger partial charge in [-0.05, 0) is 67.9 Å². The first-order chi connectivity index (χ1) is 16.0. The number of aryl methyl sites for hydroxylation is 1. The molecule has 7 nitrogen and oxygen atoms in total. The van der Waals surface area contributed by atoms with Crippen molar-refractivity contribution in [3.63, 3.8) is 0 Å². The van der Waals surface area contributed by atoms with Crippen molar-refractivity contribution in [1.29, 1.82) is 0 Å². The van der Waals surface area contributed by atoms with Gasteiger partial charge in [0.05, 0.1) is 20.3 Å². The number of benzene rings is 3. The minimum atomic E-state index is -0.283. The molecule has 1 amide bonds. The van der Waals surface area contributed by atoms with Crippen molar-refractivity contribution in [2.45, 2.75) is 19.9 Å². The van der Waals surface area contributed by atoms with E-state index in [4.69, 9.17) is 13.9 Å². The van der Waals surface area contributed by atoms with Crippen LogP contribution in [0.15, 0.2) is 71.1 Å². The molecule has 1 N–H and O–H groups in total. The van der Waals surface area contributed by atoms with Gasteiger partial charge in [0, 0.05) is 22.3 Å². The van der Waals surface area contributed by atoms with E-state index in [0.717, 1.165) is 22.3 Å². The molecule has 0 bridgehead atoms. The number of carbonyl (C=O) groups excluding carboxylic acids is 1. The highest BCUT2D eigenvalue weighted by atomic mass is 16.5. The first kappa shape index (κ1) is 22.1. The molecule has 1 heterocycles. The number of hydrogen-bond acceptors (Lipinski definition) is 6. The zero-order chi connectivity index (χ0) is 23.4. The Hall–Kier alpha value is -4.13. The number of methoxy groups -OCH3 is 2.